The Hall–Kier alpha value is -1.28. The summed E-state index contributed by atoms with van der Waals surface area (Å²) in [6.45, 7) is 0.273. The Bertz CT molecular complexity index is 885. The van der Waals surface area contributed by atoms with Crippen LogP contribution in [0.5, 0.6) is 0 Å². The maximum absolute atomic E-state index is 12.5. The molecule has 0 radical (unpaired) electrons. The summed E-state index contributed by atoms with van der Waals surface area (Å²) in [5.74, 6) is 0. The van der Waals surface area contributed by atoms with Crippen LogP contribution in [0.25, 0.3) is 10.9 Å². The van der Waals surface area contributed by atoms with E-state index in [-0.39, 0.29) is 11.4 Å². The molecular formula is C14H11BrN2O2S2. The molecule has 3 aromatic rings. The standard InChI is InChI=1S/C14H11BrN2O2S2/c15-10-7-11(20-9-10)8-17-21(18,19)14-5-1-4-13-12(14)3-2-6-16-13/h1-7,9,17H,8H2. The molecule has 4 nitrogen and oxygen atoms in total. The summed E-state index contributed by atoms with van der Waals surface area (Å²) in [5, 5.41) is 2.55. The smallest absolute Gasteiger partial charge is 0.241 e. The van der Waals surface area contributed by atoms with Gasteiger partial charge in [0.05, 0.1) is 10.4 Å². The fourth-order valence-electron chi connectivity index (χ4n) is 2.00. The van der Waals surface area contributed by atoms with Crippen molar-refractivity contribution < 1.29 is 8.42 Å². The van der Waals surface area contributed by atoms with Gasteiger partial charge in [0.25, 0.3) is 0 Å². The van der Waals surface area contributed by atoms with Crippen molar-refractivity contribution in [1.82, 2.24) is 9.71 Å². The summed E-state index contributed by atoms with van der Waals surface area (Å²) in [6.07, 6.45) is 1.65. The van der Waals surface area contributed by atoms with Gasteiger partial charge in [-0.2, -0.15) is 0 Å². The molecular weight excluding hydrogens is 372 g/mol. The minimum absolute atomic E-state index is 0.253. The lowest BCUT2D eigenvalue weighted by atomic mass is 10.2. The van der Waals surface area contributed by atoms with Gasteiger partial charge < -0.3 is 0 Å². The van der Waals surface area contributed by atoms with E-state index >= 15 is 0 Å². The number of halogens is 1. The van der Waals surface area contributed by atoms with Crippen molar-refractivity contribution in [3.8, 4) is 0 Å². The van der Waals surface area contributed by atoms with Crippen molar-refractivity contribution in [3.05, 3.63) is 57.3 Å². The van der Waals surface area contributed by atoms with Crippen molar-refractivity contribution in [2.45, 2.75) is 11.4 Å². The molecule has 3 rings (SSSR count). The molecule has 0 saturated heterocycles. The molecule has 2 aromatic heterocycles. The molecule has 21 heavy (non-hydrogen) atoms. The van der Waals surface area contributed by atoms with Crippen LogP contribution < -0.4 is 4.72 Å². The first-order valence-corrected chi connectivity index (χ1v) is 9.28. The maximum Gasteiger partial charge on any atom is 0.241 e. The second kappa shape index (κ2) is 5.84. The fraction of sp³-hybridized carbons (Fsp3) is 0.0714. The normalized spacial score (nSPS) is 11.9. The van der Waals surface area contributed by atoms with E-state index < -0.39 is 10.0 Å². The molecule has 7 heteroatoms. The molecule has 0 spiro atoms. The summed E-state index contributed by atoms with van der Waals surface area (Å²) in [6, 6.07) is 10.5. The lowest BCUT2D eigenvalue weighted by molar-refractivity contribution is 0.582. The minimum atomic E-state index is -3.57. The Morgan fingerprint density at radius 3 is 2.86 bits per heavy atom. The van der Waals surface area contributed by atoms with E-state index in [1.54, 1.807) is 36.5 Å². The second-order valence-electron chi connectivity index (χ2n) is 4.38. The number of rotatable bonds is 4. The van der Waals surface area contributed by atoms with Gasteiger partial charge in [0, 0.05) is 32.9 Å². The van der Waals surface area contributed by atoms with Gasteiger partial charge in [0.1, 0.15) is 0 Å². The Balaban J connectivity index is 1.93. The number of pyridine rings is 1. The SMILES string of the molecule is O=S(=O)(NCc1cc(Br)cs1)c1cccc2ncccc12. The third-order valence-electron chi connectivity index (χ3n) is 2.95. The first-order valence-electron chi connectivity index (χ1n) is 6.12. The fourth-order valence-corrected chi connectivity index (χ4v) is 4.70. The van der Waals surface area contributed by atoms with E-state index in [9.17, 15) is 8.42 Å². The summed E-state index contributed by atoms with van der Waals surface area (Å²) in [7, 11) is -3.57. The number of thiophene rings is 1. The molecule has 1 N–H and O–H groups in total. The highest BCUT2D eigenvalue weighted by Crippen LogP contribution is 2.23. The lowest BCUT2D eigenvalue weighted by Crippen LogP contribution is -2.23. The van der Waals surface area contributed by atoms with E-state index in [1.165, 1.54) is 11.3 Å². The Morgan fingerprint density at radius 2 is 2.10 bits per heavy atom. The van der Waals surface area contributed by atoms with Gasteiger partial charge in [-0.1, -0.05) is 6.07 Å². The van der Waals surface area contributed by atoms with Crippen LogP contribution >= 0.6 is 27.3 Å². The van der Waals surface area contributed by atoms with E-state index in [0.29, 0.717) is 10.9 Å². The molecule has 0 saturated carbocycles. The van der Waals surface area contributed by atoms with Crippen molar-refractivity contribution in [3.63, 3.8) is 0 Å². The lowest BCUT2D eigenvalue weighted by Gasteiger charge is -2.08. The zero-order chi connectivity index (χ0) is 14.9. The quantitative estimate of drug-likeness (QED) is 0.750. The predicted octanol–water partition coefficient (Wildman–Crippen LogP) is 3.54. The van der Waals surface area contributed by atoms with E-state index in [0.717, 1.165) is 9.35 Å². The highest BCUT2D eigenvalue weighted by molar-refractivity contribution is 9.10. The van der Waals surface area contributed by atoms with Gasteiger partial charge in [0.15, 0.2) is 0 Å². The van der Waals surface area contributed by atoms with Crippen molar-refractivity contribution in [1.29, 1.82) is 0 Å². The monoisotopic (exact) mass is 382 g/mol. The predicted molar refractivity (Wildman–Crippen MR) is 87.8 cm³/mol. The Kier molecular flexibility index (Phi) is 4.08. The molecule has 0 unspecified atom stereocenters. The van der Waals surface area contributed by atoms with Crippen LogP contribution in [0.2, 0.25) is 0 Å². The van der Waals surface area contributed by atoms with Crippen LogP contribution in [-0.2, 0) is 16.6 Å². The first-order chi connectivity index (χ1) is 10.1. The van der Waals surface area contributed by atoms with Gasteiger partial charge in [-0.25, -0.2) is 13.1 Å². The van der Waals surface area contributed by atoms with E-state index in [4.69, 9.17) is 0 Å². The minimum Gasteiger partial charge on any atom is -0.256 e. The van der Waals surface area contributed by atoms with Crippen LogP contribution in [0, 0.1) is 0 Å². The molecule has 0 atom stereocenters. The average molecular weight is 383 g/mol. The van der Waals surface area contributed by atoms with Crippen molar-refractivity contribution in [2.24, 2.45) is 0 Å². The molecule has 1 aromatic carbocycles. The van der Waals surface area contributed by atoms with Crippen LogP contribution in [0.15, 0.2) is 57.3 Å². The van der Waals surface area contributed by atoms with Crippen LogP contribution in [0.3, 0.4) is 0 Å². The van der Waals surface area contributed by atoms with Crippen LogP contribution in [-0.4, -0.2) is 13.4 Å². The number of benzene rings is 1. The number of hydrogen-bond donors (Lipinski definition) is 1. The molecule has 108 valence electrons. The second-order valence-corrected chi connectivity index (χ2v) is 8.03. The highest BCUT2D eigenvalue weighted by Gasteiger charge is 2.17. The molecule has 0 amide bonds. The molecule has 0 fully saturated rings. The third kappa shape index (κ3) is 3.16. The summed E-state index contributed by atoms with van der Waals surface area (Å²) >= 11 is 4.86. The number of aromatic nitrogens is 1. The van der Waals surface area contributed by atoms with Gasteiger partial charge in [-0.3, -0.25) is 4.98 Å². The Morgan fingerprint density at radius 1 is 1.24 bits per heavy atom. The van der Waals surface area contributed by atoms with Crippen molar-refractivity contribution in [2.75, 3.05) is 0 Å². The molecule has 0 aliphatic heterocycles. The van der Waals surface area contributed by atoms with Crippen LogP contribution in [0.4, 0.5) is 0 Å². The van der Waals surface area contributed by atoms with Crippen molar-refractivity contribution >= 4 is 48.2 Å². The summed E-state index contributed by atoms with van der Waals surface area (Å²) < 4.78 is 28.5. The largest absolute Gasteiger partial charge is 0.256 e. The van der Waals surface area contributed by atoms with Gasteiger partial charge in [0.2, 0.25) is 10.0 Å². The first kappa shape index (κ1) is 14.6. The van der Waals surface area contributed by atoms with Gasteiger partial charge in [-0.05, 0) is 46.3 Å². The number of nitrogens with zero attached hydrogens (tertiary/aromatic N) is 1. The van der Waals surface area contributed by atoms with E-state index in [1.807, 2.05) is 11.4 Å². The number of fused-ring (bicyclic) bond motifs is 1. The number of nitrogens with one attached hydrogen (secondary N) is 1. The maximum atomic E-state index is 12.5. The number of hydrogen-bond acceptors (Lipinski definition) is 4. The summed E-state index contributed by atoms with van der Waals surface area (Å²) in [5.41, 5.74) is 0.666. The third-order valence-corrected chi connectivity index (χ3v) is 6.11. The average Bonchev–Trinajstić information content (AvgIpc) is 2.90. The summed E-state index contributed by atoms with van der Waals surface area (Å²) in [4.78, 5) is 5.38. The van der Waals surface area contributed by atoms with E-state index in [2.05, 4.69) is 25.6 Å². The molecule has 0 aliphatic carbocycles. The van der Waals surface area contributed by atoms with Gasteiger partial charge >= 0.3 is 0 Å². The number of sulfonamides is 1. The van der Waals surface area contributed by atoms with Gasteiger partial charge in [-0.15, -0.1) is 11.3 Å². The molecule has 0 bridgehead atoms. The zero-order valence-electron chi connectivity index (χ0n) is 10.8. The molecule has 0 aliphatic rings. The topological polar surface area (TPSA) is 59.1 Å². The Labute approximate surface area is 135 Å². The zero-order valence-corrected chi connectivity index (χ0v) is 14.0. The molecule has 2 heterocycles. The highest BCUT2D eigenvalue weighted by atomic mass is 79.9. The van der Waals surface area contributed by atoms with Crippen LogP contribution in [0.1, 0.15) is 4.88 Å².